The summed E-state index contributed by atoms with van der Waals surface area (Å²) in [5.74, 6) is -0.653. The number of ether oxygens (including phenoxy) is 1. The van der Waals surface area contributed by atoms with Crippen LogP contribution in [0.2, 0.25) is 0 Å². The van der Waals surface area contributed by atoms with Crippen molar-refractivity contribution in [2.24, 2.45) is 0 Å². The highest BCUT2D eigenvalue weighted by atomic mass is 19.1. The summed E-state index contributed by atoms with van der Waals surface area (Å²) in [7, 11) is 2.06. The molecule has 3 aromatic rings. The average molecular weight is 364 g/mol. The van der Waals surface area contributed by atoms with E-state index in [0.717, 1.165) is 47.7 Å². The summed E-state index contributed by atoms with van der Waals surface area (Å²) in [6.07, 6.45) is 1.70. The van der Waals surface area contributed by atoms with Crippen molar-refractivity contribution < 1.29 is 13.9 Å². The number of likely N-dealkylation sites (N-methyl/N-ethyl adjacent to an activating group) is 1. The third kappa shape index (κ3) is 2.54. The van der Waals surface area contributed by atoms with E-state index in [1.807, 2.05) is 10.7 Å². The molecule has 1 aromatic carbocycles. The molecule has 2 aliphatic heterocycles. The Bertz CT molecular complexity index is 1060. The van der Waals surface area contributed by atoms with E-state index in [1.54, 1.807) is 18.3 Å². The van der Waals surface area contributed by atoms with Crippen molar-refractivity contribution in [1.82, 2.24) is 19.7 Å². The molecule has 0 aliphatic carbocycles. The summed E-state index contributed by atoms with van der Waals surface area (Å²) in [5.41, 5.74) is 5.41. The van der Waals surface area contributed by atoms with Crippen molar-refractivity contribution in [2.75, 3.05) is 13.6 Å². The van der Waals surface area contributed by atoms with Gasteiger partial charge in [0.1, 0.15) is 18.1 Å². The lowest BCUT2D eigenvalue weighted by molar-refractivity contribution is 0.0534. The van der Waals surface area contributed by atoms with Crippen molar-refractivity contribution in [3.63, 3.8) is 0 Å². The lowest BCUT2D eigenvalue weighted by Crippen LogP contribution is -2.30. The van der Waals surface area contributed by atoms with E-state index in [2.05, 4.69) is 16.9 Å². The normalized spacial score (nSPS) is 16.1. The molecule has 0 saturated carbocycles. The van der Waals surface area contributed by atoms with Crippen LogP contribution in [0.5, 0.6) is 0 Å². The Labute approximate surface area is 155 Å². The van der Waals surface area contributed by atoms with Gasteiger partial charge >= 0.3 is 5.97 Å². The zero-order valence-corrected chi connectivity index (χ0v) is 14.8. The number of carbonyl (C=O) groups excluding carboxylic acids is 1. The maximum absolute atomic E-state index is 13.4. The Morgan fingerprint density at radius 3 is 2.74 bits per heavy atom. The molecule has 2 aromatic heterocycles. The summed E-state index contributed by atoms with van der Waals surface area (Å²) in [6.45, 7) is 2.57. The number of rotatable bonds is 2. The molecule has 0 unspecified atom stereocenters. The van der Waals surface area contributed by atoms with Crippen LogP contribution in [-0.2, 0) is 24.4 Å². The van der Waals surface area contributed by atoms with Crippen LogP contribution in [0.4, 0.5) is 4.39 Å². The molecule has 0 radical (unpaired) electrons. The standard InChI is InChI=1S/C20H17FN4O2/c1-24-8-9-25-16(10-24)18(19(23-25)12-2-4-13(21)5-3-12)14-6-7-22-15-11-27-20(26)17(14)15/h2-7H,8-11H2,1H3. The second-order valence-electron chi connectivity index (χ2n) is 6.89. The van der Waals surface area contributed by atoms with E-state index in [0.29, 0.717) is 11.3 Å². The number of halogens is 1. The molecule has 2 aliphatic rings. The highest BCUT2D eigenvalue weighted by Gasteiger charge is 2.32. The van der Waals surface area contributed by atoms with Crippen molar-refractivity contribution >= 4 is 5.97 Å². The number of hydrogen-bond acceptors (Lipinski definition) is 5. The number of fused-ring (bicyclic) bond motifs is 2. The first-order chi connectivity index (χ1) is 13.1. The molecule has 0 fully saturated rings. The molecule has 5 rings (SSSR count). The van der Waals surface area contributed by atoms with Gasteiger partial charge in [-0.05, 0) is 37.4 Å². The van der Waals surface area contributed by atoms with Crippen molar-refractivity contribution in [1.29, 1.82) is 0 Å². The minimum atomic E-state index is -0.359. The first kappa shape index (κ1) is 16.1. The number of benzene rings is 1. The third-order valence-corrected chi connectivity index (χ3v) is 5.13. The number of pyridine rings is 1. The summed E-state index contributed by atoms with van der Waals surface area (Å²) >= 11 is 0. The Morgan fingerprint density at radius 1 is 1.11 bits per heavy atom. The first-order valence-corrected chi connectivity index (χ1v) is 8.81. The number of esters is 1. The Morgan fingerprint density at radius 2 is 1.93 bits per heavy atom. The summed E-state index contributed by atoms with van der Waals surface area (Å²) in [6, 6.07) is 8.13. The van der Waals surface area contributed by atoms with Crippen LogP contribution in [0.15, 0.2) is 36.5 Å². The van der Waals surface area contributed by atoms with Gasteiger partial charge in [0.2, 0.25) is 0 Å². The van der Waals surface area contributed by atoms with Gasteiger partial charge < -0.3 is 4.74 Å². The van der Waals surface area contributed by atoms with Crippen molar-refractivity contribution in [3.05, 3.63) is 59.3 Å². The summed E-state index contributed by atoms with van der Waals surface area (Å²) in [5, 5.41) is 4.81. The Hall–Kier alpha value is -3.06. The zero-order chi connectivity index (χ0) is 18.5. The van der Waals surface area contributed by atoms with Crippen LogP contribution in [0.25, 0.3) is 22.4 Å². The van der Waals surface area contributed by atoms with Crippen LogP contribution in [0.3, 0.4) is 0 Å². The van der Waals surface area contributed by atoms with Gasteiger partial charge in [-0.3, -0.25) is 14.6 Å². The summed E-state index contributed by atoms with van der Waals surface area (Å²) in [4.78, 5) is 18.9. The van der Waals surface area contributed by atoms with Gasteiger partial charge in [-0.15, -0.1) is 0 Å². The monoisotopic (exact) mass is 364 g/mol. The van der Waals surface area contributed by atoms with Crippen LogP contribution < -0.4 is 0 Å². The fraction of sp³-hybridized carbons (Fsp3) is 0.250. The number of nitrogens with zero attached hydrogens (tertiary/aromatic N) is 4. The van der Waals surface area contributed by atoms with Gasteiger partial charge in [-0.25, -0.2) is 9.18 Å². The lowest BCUT2D eigenvalue weighted by atomic mass is 9.94. The van der Waals surface area contributed by atoms with Crippen molar-refractivity contribution in [2.45, 2.75) is 19.7 Å². The van der Waals surface area contributed by atoms with Gasteiger partial charge in [-0.2, -0.15) is 5.10 Å². The van der Waals surface area contributed by atoms with Crippen LogP contribution >= 0.6 is 0 Å². The molecule has 4 heterocycles. The number of aromatic nitrogens is 3. The highest BCUT2D eigenvalue weighted by molar-refractivity contribution is 6.02. The topological polar surface area (TPSA) is 60.2 Å². The fourth-order valence-electron chi connectivity index (χ4n) is 3.79. The molecule has 0 N–H and O–H groups in total. The molecule has 136 valence electrons. The first-order valence-electron chi connectivity index (χ1n) is 8.81. The van der Waals surface area contributed by atoms with E-state index in [4.69, 9.17) is 9.84 Å². The molecule has 6 nitrogen and oxygen atoms in total. The van der Waals surface area contributed by atoms with Crippen LogP contribution in [-0.4, -0.2) is 39.2 Å². The second-order valence-corrected chi connectivity index (χ2v) is 6.89. The molecule has 0 spiro atoms. The van der Waals surface area contributed by atoms with E-state index in [-0.39, 0.29) is 18.4 Å². The maximum Gasteiger partial charge on any atom is 0.341 e. The zero-order valence-electron chi connectivity index (χ0n) is 14.8. The van der Waals surface area contributed by atoms with Crippen LogP contribution in [0, 0.1) is 5.82 Å². The highest BCUT2D eigenvalue weighted by Crippen LogP contribution is 2.40. The van der Waals surface area contributed by atoms with E-state index in [1.165, 1.54) is 12.1 Å². The number of hydrogen-bond donors (Lipinski definition) is 0. The minimum absolute atomic E-state index is 0.192. The van der Waals surface area contributed by atoms with Crippen molar-refractivity contribution in [3.8, 4) is 22.4 Å². The lowest BCUT2D eigenvalue weighted by Gasteiger charge is -2.24. The fourth-order valence-corrected chi connectivity index (χ4v) is 3.79. The van der Waals surface area contributed by atoms with Gasteiger partial charge in [-0.1, -0.05) is 0 Å². The molecule has 27 heavy (non-hydrogen) atoms. The number of cyclic esters (lactones) is 1. The van der Waals surface area contributed by atoms with Crippen LogP contribution in [0.1, 0.15) is 21.7 Å². The quantitative estimate of drug-likeness (QED) is 0.655. The predicted molar refractivity (Wildman–Crippen MR) is 96.3 cm³/mol. The van der Waals surface area contributed by atoms with Gasteiger partial charge in [0.15, 0.2) is 0 Å². The SMILES string of the molecule is CN1CCn2nc(-c3ccc(F)cc3)c(-c3ccnc4c3C(=O)OC4)c2C1. The second kappa shape index (κ2) is 5.99. The predicted octanol–water partition coefficient (Wildman–Crippen LogP) is 2.87. The van der Waals surface area contributed by atoms with E-state index < -0.39 is 0 Å². The maximum atomic E-state index is 13.4. The Balaban J connectivity index is 1.79. The smallest absolute Gasteiger partial charge is 0.341 e. The minimum Gasteiger partial charge on any atom is -0.455 e. The van der Waals surface area contributed by atoms with Gasteiger partial charge in [0, 0.05) is 36.0 Å². The molecule has 0 saturated heterocycles. The van der Waals surface area contributed by atoms with Gasteiger partial charge in [0.05, 0.1) is 23.5 Å². The average Bonchev–Trinajstić information content (AvgIpc) is 3.23. The molecular formula is C20H17FN4O2. The molecule has 0 bridgehead atoms. The molecule has 0 atom stereocenters. The number of carbonyl (C=O) groups is 1. The molecule has 7 heteroatoms. The molecular weight excluding hydrogens is 347 g/mol. The summed E-state index contributed by atoms with van der Waals surface area (Å²) < 4.78 is 20.6. The van der Waals surface area contributed by atoms with Gasteiger partial charge in [0.25, 0.3) is 0 Å². The molecule has 0 amide bonds. The third-order valence-electron chi connectivity index (χ3n) is 5.13. The largest absolute Gasteiger partial charge is 0.455 e. The van der Waals surface area contributed by atoms with E-state index >= 15 is 0 Å². The van der Waals surface area contributed by atoms with E-state index in [9.17, 15) is 9.18 Å². The Kier molecular flexibility index (Phi) is 3.58.